The van der Waals surface area contributed by atoms with Crippen molar-refractivity contribution in [2.75, 3.05) is 39.3 Å². The molecule has 3 fully saturated rings. The maximum Gasteiger partial charge on any atom is 0.0205 e. The Bertz CT molecular complexity index is 681. The Morgan fingerprint density at radius 3 is 0.952 bits per heavy atom. The van der Waals surface area contributed by atoms with E-state index >= 15 is 0 Å². The largest absolute Gasteiger partial charge is 0.314 e. The van der Waals surface area contributed by atoms with Crippen molar-refractivity contribution >= 4 is 0 Å². The Kier molecular flexibility index (Phi) is 17.5. The predicted octanol–water partition coefficient (Wildman–Crippen LogP) is 5.89. The second-order valence-corrected chi connectivity index (χ2v) is 13.6. The minimum atomic E-state index is 0.768. The van der Waals surface area contributed by atoms with Gasteiger partial charge in [-0.05, 0) is 114 Å². The molecule has 6 N–H and O–H groups in total. The van der Waals surface area contributed by atoms with Crippen molar-refractivity contribution < 1.29 is 0 Å². The van der Waals surface area contributed by atoms with Gasteiger partial charge in [0.2, 0.25) is 0 Å². The van der Waals surface area contributed by atoms with E-state index in [2.05, 4.69) is 50.1 Å². The molecule has 3 aliphatic rings. The molecular weight excluding hydrogens is 516 g/mol. The van der Waals surface area contributed by atoms with Gasteiger partial charge in [0.1, 0.15) is 0 Å². The maximum absolute atomic E-state index is 3.79. The minimum Gasteiger partial charge on any atom is -0.314 e. The van der Waals surface area contributed by atoms with Crippen molar-refractivity contribution in [2.24, 2.45) is 0 Å². The highest BCUT2D eigenvalue weighted by molar-refractivity contribution is 5.30. The lowest BCUT2D eigenvalue weighted by atomic mass is 9.95. The lowest BCUT2D eigenvalue weighted by Gasteiger charge is -2.23. The molecule has 0 bridgehead atoms. The average molecular weight is 583 g/mol. The van der Waals surface area contributed by atoms with E-state index in [-0.39, 0.29) is 0 Å². The Balaban J connectivity index is 1.14. The van der Waals surface area contributed by atoms with E-state index in [1.54, 1.807) is 0 Å². The molecule has 0 atom stereocenters. The molecule has 0 amide bonds. The first-order valence-corrected chi connectivity index (χ1v) is 18.3. The van der Waals surface area contributed by atoms with E-state index in [4.69, 9.17) is 0 Å². The van der Waals surface area contributed by atoms with Crippen molar-refractivity contribution in [1.82, 2.24) is 31.9 Å². The summed E-state index contributed by atoms with van der Waals surface area (Å²) in [5.74, 6) is 0. The van der Waals surface area contributed by atoms with E-state index in [1.807, 2.05) is 0 Å². The van der Waals surface area contributed by atoms with Crippen LogP contribution >= 0.6 is 0 Å². The minimum absolute atomic E-state index is 0.768. The third-order valence-corrected chi connectivity index (χ3v) is 9.81. The number of hydrogen-bond acceptors (Lipinski definition) is 6. The molecule has 0 heterocycles. The highest BCUT2D eigenvalue weighted by Gasteiger charge is 2.13. The van der Waals surface area contributed by atoms with Crippen LogP contribution in [0.2, 0.25) is 0 Å². The van der Waals surface area contributed by atoms with Crippen LogP contribution in [0.1, 0.15) is 132 Å². The van der Waals surface area contributed by atoms with Crippen molar-refractivity contribution in [3.05, 3.63) is 34.9 Å². The fourth-order valence-electron chi connectivity index (χ4n) is 7.32. The molecule has 3 aliphatic carbocycles. The molecule has 6 nitrogen and oxygen atoms in total. The second-order valence-electron chi connectivity index (χ2n) is 13.6. The third kappa shape index (κ3) is 14.6. The highest BCUT2D eigenvalue weighted by atomic mass is 14.9. The number of nitrogens with one attached hydrogen (secondary N) is 6. The van der Waals surface area contributed by atoms with Crippen LogP contribution in [0.15, 0.2) is 18.2 Å². The SMILES string of the molecule is c1c(CNCCCNC2CCCCC2)cc(CNCCCNC2CCCCC2)cc1CNCCCNC1CCCCC1. The highest BCUT2D eigenvalue weighted by Crippen LogP contribution is 2.19. The van der Waals surface area contributed by atoms with Crippen molar-refractivity contribution in [3.8, 4) is 0 Å². The summed E-state index contributed by atoms with van der Waals surface area (Å²) in [4.78, 5) is 0. The van der Waals surface area contributed by atoms with Gasteiger partial charge in [-0.25, -0.2) is 0 Å². The molecule has 240 valence electrons. The van der Waals surface area contributed by atoms with Crippen LogP contribution in [-0.2, 0) is 19.6 Å². The van der Waals surface area contributed by atoms with Gasteiger partial charge in [0.15, 0.2) is 0 Å². The normalized spacial score (nSPS) is 19.4. The first kappa shape index (κ1) is 33.9. The van der Waals surface area contributed by atoms with Crippen LogP contribution in [-0.4, -0.2) is 57.4 Å². The summed E-state index contributed by atoms with van der Waals surface area (Å²) in [7, 11) is 0. The molecule has 42 heavy (non-hydrogen) atoms. The summed E-state index contributed by atoms with van der Waals surface area (Å²) in [6.45, 7) is 9.54. The van der Waals surface area contributed by atoms with Gasteiger partial charge in [-0.2, -0.15) is 0 Å². The molecule has 0 unspecified atom stereocenters. The number of hydrogen-bond donors (Lipinski definition) is 6. The van der Waals surface area contributed by atoms with E-state index in [9.17, 15) is 0 Å². The molecular formula is C36H66N6. The van der Waals surface area contributed by atoms with Crippen molar-refractivity contribution in [3.63, 3.8) is 0 Å². The van der Waals surface area contributed by atoms with Gasteiger partial charge in [0.05, 0.1) is 0 Å². The molecule has 1 aromatic carbocycles. The van der Waals surface area contributed by atoms with E-state index in [0.717, 1.165) is 77.0 Å². The van der Waals surface area contributed by atoms with Crippen molar-refractivity contribution in [2.45, 2.75) is 153 Å². The zero-order valence-electron chi connectivity index (χ0n) is 27.1. The van der Waals surface area contributed by atoms with Crippen LogP contribution in [0.25, 0.3) is 0 Å². The fraction of sp³-hybridized carbons (Fsp3) is 0.833. The summed E-state index contributed by atoms with van der Waals surface area (Å²) < 4.78 is 0. The third-order valence-electron chi connectivity index (χ3n) is 9.81. The summed E-state index contributed by atoms with van der Waals surface area (Å²) in [6.07, 6.45) is 24.6. The lowest BCUT2D eigenvalue weighted by molar-refractivity contribution is 0.371. The second kappa shape index (κ2) is 21.6. The van der Waals surface area contributed by atoms with Gasteiger partial charge in [-0.15, -0.1) is 0 Å². The number of rotatable bonds is 21. The summed E-state index contributed by atoms with van der Waals surface area (Å²) >= 11 is 0. The van der Waals surface area contributed by atoms with Crippen LogP contribution in [0.3, 0.4) is 0 Å². The van der Waals surface area contributed by atoms with Crippen molar-refractivity contribution in [1.29, 1.82) is 0 Å². The zero-order valence-corrected chi connectivity index (χ0v) is 27.1. The molecule has 4 rings (SSSR count). The van der Waals surface area contributed by atoms with Gasteiger partial charge in [0.25, 0.3) is 0 Å². The van der Waals surface area contributed by atoms with E-state index < -0.39 is 0 Å². The molecule has 1 aromatic rings. The summed E-state index contributed by atoms with van der Waals surface area (Å²) in [5.41, 5.74) is 4.26. The average Bonchev–Trinajstić information content (AvgIpc) is 3.04. The van der Waals surface area contributed by atoms with Crippen LogP contribution in [0, 0.1) is 0 Å². The van der Waals surface area contributed by atoms with E-state index in [0.29, 0.717) is 0 Å². The first-order valence-electron chi connectivity index (χ1n) is 18.3. The Labute approximate surface area is 259 Å². The fourth-order valence-corrected chi connectivity index (χ4v) is 7.32. The molecule has 0 spiro atoms. The molecule has 0 aromatic heterocycles. The van der Waals surface area contributed by atoms with Gasteiger partial charge in [-0.3, -0.25) is 0 Å². The topological polar surface area (TPSA) is 72.2 Å². The van der Waals surface area contributed by atoms with Crippen LogP contribution < -0.4 is 31.9 Å². The van der Waals surface area contributed by atoms with Gasteiger partial charge < -0.3 is 31.9 Å². The van der Waals surface area contributed by atoms with Gasteiger partial charge in [-0.1, -0.05) is 76.0 Å². The first-order chi connectivity index (χ1) is 20.8. The Morgan fingerprint density at radius 2 is 0.667 bits per heavy atom. The monoisotopic (exact) mass is 583 g/mol. The lowest BCUT2D eigenvalue weighted by Crippen LogP contribution is -2.33. The Morgan fingerprint density at radius 1 is 0.381 bits per heavy atom. The van der Waals surface area contributed by atoms with E-state index in [1.165, 1.54) is 132 Å². The Hall–Kier alpha value is -1.02. The smallest absolute Gasteiger partial charge is 0.0205 e. The number of benzene rings is 1. The predicted molar refractivity (Wildman–Crippen MR) is 180 cm³/mol. The summed E-state index contributed by atoms with van der Waals surface area (Å²) in [6, 6.07) is 9.55. The molecule has 3 saturated carbocycles. The van der Waals surface area contributed by atoms with Crippen LogP contribution in [0.5, 0.6) is 0 Å². The molecule has 0 radical (unpaired) electrons. The zero-order chi connectivity index (χ0) is 28.9. The molecule has 6 heteroatoms. The quantitative estimate of drug-likeness (QED) is 0.102. The maximum atomic E-state index is 3.79. The molecule has 0 aliphatic heterocycles. The van der Waals surface area contributed by atoms with Crippen LogP contribution in [0.4, 0.5) is 0 Å². The van der Waals surface area contributed by atoms with Gasteiger partial charge in [0, 0.05) is 37.8 Å². The molecule has 0 saturated heterocycles. The van der Waals surface area contributed by atoms with Gasteiger partial charge >= 0.3 is 0 Å². The standard InChI is InChI=1S/C36H66N6/c1-4-13-34(14-5-1)40-22-10-19-37-28-31-25-32(29-38-20-11-23-41-35-15-6-2-7-16-35)27-33(26-31)30-39-21-12-24-42-36-17-8-3-9-18-36/h25-27,34-42H,1-24,28-30H2. The summed E-state index contributed by atoms with van der Waals surface area (Å²) in [5, 5.41) is 22.5.